The lowest BCUT2D eigenvalue weighted by molar-refractivity contribution is 0.0994. The fraction of sp³-hybridized carbons (Fsp3) is 0.250. The Morgan fingerprint density at radius 1 is 1.12 bits per heavy atom. The standard InChI is InChI=1S/C20H20FN3OS/c1-4-14-5-7-15(8-6-14)18(25)13(2)26-20-23-22-19(24(20)3)16-9-11-17(21)12-10-16/h5-13H,4H2,1-3H3/t13-/m0/s1. The summed E-state index contributed by atoms with van der Waals surface area (Å²) in [4.78, 5) is 12.7. The normalized spacial score (nSPS) is 12.2. The quantitative estimate of drug-likeness (QED) is 0.472. The van der Waals surface area contributed by atoms with Crippen molar-refractivity contribution in [3.8, 4) is 11.4 Å². The van der Waals surface area contributed by atoms with Crippen molar-refractivity contribution in [3.63, 3.8) is 0 Å². The molecule has 2 aromatic carbocycles. The number of hydrogen-bond donors (Lipinski definition) is 0. The van der Waals surface area contributed by atoms with E-state index < -0.39 is 0 Å². The van der Waals surface area contributed by atoms with Gasteiger partial charge in [-0.15, -0.1) is 10.2 Å². The summed E-state index contributed by atoms with van der Waals surface area (Å²) >= 11 is 1.37. The minimum absolute atomic E-state index is 0.0592. The van der Waals surface area contributed by atoms with Crippen LogP contribution in [0.4, 0.5) is 4.39 Å². The molecule has 1 heterocycles. The summed E-state index contributed by atoms with van der Waals surface area (Å²) < 4.78 is 14.9. The van der Waals surface area contributed by atoms with E-state index in [0.29, 0.717) is 16.5 Å². The monoisotopic (exact) mass is 369 g/mol. The second-order valence-corrected chi connectivity index (χ2v) is 7.35. The van der Waals surface area contributed by atoms with Gasteiger partial charge in [0.1, 0.15) is 5.82 Å². The first-order valence-corrected chi connectivity index (χ1v) is 9.32. The summed E-state index contributed by atoms with van der Waals surface area (Å²) in [5.74, 6) is 0.405. The number of rotatable bonds is 6. The smallest absolute Gasteiger partial charge is 0.191 e. The molecule has 0 aliphatic carbocycles. The van der Waals surface area contributed by atoms with Gasteiger partial charge in [0.05, 0.1) is 5.25 Å². The number of carbonyl (C=O) groups excluding carboxylic acids is 1. The molecule has 1 atom stereocenters. The second-order valence-electron chi connectivity index (χ2n) is 6.05. The summed E-state index contributed by atoms with van der Waals surface area (Å²) in [5.41, 5.74) is 2.68. The molecular formula is C20H20FN3OS. The van der Waals surface area contributed by atoms with Gasteiger partial charge in [-0.3, -0.25) is 4.79 Å². The van der Waals surface area contributed by atoms with Crippen LogP contribution in [0.15, 0.2) is 53.7 Å². The van der Waals surface area contributed by atoms with E-state index >= 15 is 0 Å². The van der Waals surface area contributed by atoms with Gasteiger partial charge in [-0.1, -0.05) is 43.0 Å². The van der Waals surface area contributed by atoms with E-state index in [1.54, 1.807) is 12.1 Å². The van der Waals surface area contributed by atoms with Crippen molar-refractivity contribution in [1.82, 2.24) is 14.8 Å². The van der Waals surface area contributed by atoms with Crippen molar-refractivity contribution in [2.75, 3.05) is 0 Å². The van der Waals surface area contributed by atoms with Crippen LogP contribution >= 0.6 is 11.8 Å². The Morgan fingerprint density at radius 2 is 1.77 bits per heavy atom. The van der Waals surface area contributed by atoms with Crippen molar-refractivity contribution in [1.29, 1.82) is 0 Å². The molecule has 0 aliphatic rings. The van der Waals surface area contributed by atoms with Crippen molar-refractivity contribution in [3.05, 3.63) is 65.5 Å². The molecule has 1 aromatic heterocycles. The Labute approximate surface area is 156 Å². The zero-order chi connectivity index (χ0) is 18.7. The van der Waals surface area contributed by atoms with Crippen LogP contribution in [0.25, 0.3) is 11.4 Å². The van der Waals surface area contributed by atoms with E-state index in [0.717, 1.165) is 12.0 Å². The number of halogens is 1. The Hall–Kier alpha value is -2.47. The predicted octanol–water partition coefficient (Wildman–Crippen LogP) is 4.55. The largest absolute Gasteiger partial charge is 0.305 e. The molecule has 0 unspecified atom stereocenters. The Morgan fingerprint density at radius 3 is 2.38 bits per heavy atom. The van der Waals surface area contributed by atoms with Crippen molar-refractivity contribution >= 4 is 17.5 Å². The highest BCUT2D eigenvalue weighted by Crippen LogP contribution is 2.27. The summed E-state index contributed by atoms with van der Waals surface area (Å²) in [6.07, 6.45) is 0.948. The lowest BCUT2D eigenvalue weighted by atomic mass is 10.1. The number of hydrogen-bond acceptors (Lipinski definition) is 4. The molecule has 0 aliphatic heterocycles. The molecule has 0 fully saturated rings. The third-order valence-corrected chi connectivity index (χ3v) is 5.37. The fourth-order valence-electron chi connectivity index (χ4n) is 2.62. The maximum atomic E-state index is 13.1. The summed E-state index contributed by atoms with van der Waals surface area (Å²) in [6, 6.07) is 13.8. The molecule has 0 N–H and O–H groups in total. The molecular weight excluding hydrogens is 349 g/mol. The van der Waals surface area contributed by atoms with Crippen molar-refractivity contribution < 1.29 is 9.18 Å². The highest BCUT2D eigenvalue weighted by Gasteiger charge is 2.20. The molecule has 6 heteroatoms. The third kappa shape index (κ3) is 3.85. The minimum Gasteiger partial charge on any atom is -0.305 e. The zero-order valence-corrected chi connectivity index (χ0v) is 15.8. The molecule has 0 saturated heterocycles. The number of benzene rings is 2. The molecule has 0 amide bonds. The minimum atomic E-state index is -0.293. The first-order valence-electron chi connectivity index (χ1n) is 8.44. The van der Waals surface area contributed by atoms with E-state index in [1.807, 2.05) is 42.8 Å². The summed E-state index contributed by atoms with van der Waals surface area (Å²) in [7, 11) is 1.84. The first-order chi connectivity index (χ1) is 12.5. The van der Waals surface area contributed by atoms with Gasteiger partial charge in [0.15, 0.2) is 16.8 Å². The van der Waals surface area contributed by atoms with Gasteiger partial charge in [-0.25, -0.2) is 4.39 Å². The Bertz CT molecular complexity index is 904. The highest BCUT2D eigenvalue weighted by atomic mass is 32.2. The second kappa shape index (κ2) is 7.83. The van der Waals surface area contributed by atoms with E-state index in [4.69, 9.17) is 0 Å². The molecule has 3 aromatic rings. The number of aryl methyl sites for hydroxylation is 1. The maximum absolute atomic E-state index is 13.1. The molecule has 0 radical (unpaired) electrons. The van der Waals surface area contributed by atoms with Gasteiger partial charge >= 0.3 is 0 Å². The van der Waals surface area contributed by atoms with Crippen LogP contribution in [-0.4, -0.2) is 25.8 Å². The zero-order valence-electron chi connectivity index (χ0n) is 14.9. The van der Waals surface area contributed by atoms with Crippen LogP contribution < -0.4 is 0 Å². The average molecular weight is 369 g/mol. The SMILES string of the molecule is CCc1ccc(C(=O)[C@H](C)Sc2nnc(-c3ccc(F)cc3)n2C)cc1. The average Bonchev–Trinajstić information content (AvgIpc) is 3.02. The topological polar surface area (TPSA) is 47.8 Å². The fourth-order valence-corrected chi connectivity index (χ4v) is 3.51. The Balaban J connectivity index is 1.75. The number of aromatic nitrogens is 3. The number of thioether (sulfide) groups is 1. The predicted molar refractivity (Wildman–Crippen MR) is 102 cm³/mol. The Kier molecular flexibility index (Phi) is 5.52. The first kappa shape index (κ1) is 18.3. The van der Waals surface area contributed by atoms with Gasteiger partial charge in [-0.05, 0) is 43.2 Å². The van der Waals surface area contributed by atoms with Gasteiger partial charge in [-0.2, -0.15) is 0 Å². The van der Waals surface area contributed by atoms with E-state index in [9.17, 15) is 9.18 Å². The van der Waals surface area contributed by atoms with Crippen LogP contribution in [0.5, 0.6) is 0 Å². The van der Waals surface area contributed by atoms with Crippen LogP contribution in [0.1, 0.15) is 29.8 Å². The van der Waals surface area contributed by atoms with Crippen LogP contribution in [0, 0.1) is 5.82 Å². The number of carbonyl (C=O) groups is 1. The van der Waals surface area contributed by atoms with Gasteiger partial charge < -0.3 is 4.57 Å². The summed E-state index contributed by atoms with van der Waals surface area (Å²) in [6.45, 7) is 3.95. The van der Waals surface area contributed by atoms with Gasteiger partial charge in [0, 0.05) is 18.2 Å². The van der Waals surface area contributed by atoms with Crippen molar-refractivity contribution in [2.45, 2.75) is 30.7 Å². The van der Waals surface area contributed by atoms with E-state index in [2.05, 4.69) is 17.1 Å². The van der Waals surface area contributed by atoms with Crippen LogP contribution in [-0.2, 0) is 13.5 Å². The number of Topliss-reactive ketones (excluding diaryl/α,β-unsaturated/α-hetero) is 1. The van der Waals surface area contributed by atoms with E-state index in [-0.39, 0.29) is 16.9 Å². The molecule has 26 heavy (non-hydrogen) atoms. The third-order valence-electron chi connectivity index (χ3n) is 4.24. The maximum Gasteiger partial charge on any atom is 0.191 e. The molecule has 0 saturated carbocycles. The molecule has 134 valence electrons. The molecule has 4 nitrogen and oxygen atoms in total. The molecule has 0 spiro atoms. The van der Waals surface area contributed by atoms with Gasteiger partial charge in [0.25, 0.3) is 0 Å². The lowest BCUT2D eigenvalue weighted by Gasteiger charge is -2.10. The van der Waals surface area contributed by atoms with E-state index in [1.165, 1.54) is 29.5 Å². The van der Waals surface area contributed by atoms with Gasteiger partial charge in [0.2, 0.25) is 0 Å². The molecule has 3 rings (SSSR count). The lowest BCUT2D eigenvalue weighted by Crippen LogP contribution is -2.14. The van der Waals surface area contributed by atoms with Crippen LogP contribution in [0.3, 0.4) is 0 Å². The molecule has 0 bridgehead atoms. The highest BCUT2D eigenvalue weighted by molar-refractivity contribution is 8.00. The number of nitrogens with zero attached hydrogens (tertiary/aromatic N) is 3. The van der Waals surface area contributed by atoms with Crippen LogP contribution in [0.2, 0.25) is 0 Å². The summed E-state index contributed by atoms with van der Waals surface area (Å²) in [5, 5.41) is 8.73. The van der Waals surface area contributed by atoms with Crippen molar-refractivity contribution in [2.24, 2.45) is 7.05 Å². The number of ketones is 1.